The Labute approximate surface area is 146 Å². The van der Waals surface area contributed by atoms with E-state index < -0.39 is 6.09 Å². The van der Waals surface area contributed by atoms with Gasteiger partial charge >= 0.3 is 6.09 Å². The zero-order valence-corrected chi connectivity index (χ0v) is 13.7. The summed E-state index contributed by atoms with van der Waals surface area (Å²) < 4.78 is 16.2. The third-order valence-corrected chi connectivity index (χ3v) is 3.59. The molecule has 1 aliphatic rings. The minimum Gasteiger partial charge on any atom is -0.445 e. The van der Waals surface area contributed by atoms with E-state index in [4.69, 9.17) is 14.2 Å². The van der Waals surface area contributed by atoms with Gasteiger partial charge in [0.1, 0.15) is 6.61 Å². The lowest BCUT2D eigenvalue weighted by molar-refractivity contribution is -0.0442. The molecule has 0 unspecified atom stereocenters. The Morgan fingerprint density at radius 3 is 2.60 bits per heavy atom. The van der Waals surface area contributed by atoms with Crippen molar-refractivity contribution in [3.8, 4) is 11.8 Å². The van der Waals surface area contributed by atoms with E-state index in [1.807, 2.05) is 54.6 Å². The van der Waals surface area contributed by atoms with Crippen LogP contribution in [-0.2, 0) is 20.8 Å². The normalized spacial score (nSPS) is 13.8. The molecule has 1 aliphatic heterocycles. The van der Waals surface area contributed by atoms with Gasteiger partial charge in [-0.15, -0.1) is 0 Å². The Balaban J connectivity index is 1.49. The van der Waals surface area contributed by atoms with E-state index in [-0.39, 0.29) is 19.4 Å². The zero-order valence-electron chi connectivity index (χ0n) is 13.7. The van der Waals surface area contributed by atoms with Crippen LogP contribution in [0.5, 0.6) is 0 Å². The molecule has 1 fully saturated rings. The molecule has 1 N–H and O–H groups in total. The second kappa shape index (κ2) is 8.88. The van der Waals surface area contributed by atoms with Gasteiger partial charge in [0.05, 0.1) is 19.8 Å². The molecule has 0 saturated carbocycles. The molecule has 5 nitrogen and oxygen atoms in total. The molecular weight excluding hydrogens is 318 g/mol. The largest absolute Gasteiger partial charge is 0.445 e. The lowest BCUT2D eigenvalue weighted by Gasteiger charge is -2.11. The van der Waals surface area contributed by atoms with Crippen LogP contribution in [0.2, 0.25) is 0 Å². The van der Waals surface area contributed by atoms with Crippen LogP contribution in [0.4, 0.5) is 4.79 Å². The summed E-state index contributed by atoms with van der Waals surface area (Å²) in [5.74, 6) is 5.96. The Morgan fingerprint density at radius 2 is 1.80 bits per heavy atom. The van der Waals surface area contributed by atoms with E-state index in [2.05, 4.69) is 17.2 Å². The molecule has 1 amide bonds. The fourth-order valence-corrected chi connectivity index (χ4v) is 2.38. The number of nitrogens with one attached hydrogen (secondary N) is 1. The molecule has 0 bridgehead atoms. The zero-order chi connectivity index (χ0) is 17.3. The van der Waals surface area contributed by atoms with Gasteiger partial charge in [-0.1, -0.05) is 60.4 Å². The number of amides is 1. The summed E-state index contributed by atoms with van der Waals surface area (Å²) in [6.07, 6.45) is -0.858. The maximum atomic E-state index is 11.7. The van der Waals surface area contributed by atoms with Crippen molar-refractivity contribution in [2.24, 2.45) is 0 Å². The summed E-state index contributed by atoms with van der Waals surface area (Å²) in [6, 6.07) is 17.2. The molecule has 2 aromatic rings. The lowest BCUT2D eigenvalue weighted by atomic mass is 10.1. The third-order valence-electron chi connectivity index (χ3n) is 3.59. The maximum absolute atomic E-state index is 11.7. The number of hydrogen-bond donors (Lipinski definition) is 1. The maximum Gasteiger partial charge on any atom is 0.408 e. The first kappa shape index (κ1) is 17.0. The first-order valence-electron chi connectivity index (χ1n) is 8.08. The minimum atomic E-state index is -0.492. The summed E-state index contributed by atoms with van der Waals surface area (Å²) in [5, 5.41) is 2.61. The Kier molecular flexibility index (Phi) is 6.05. The molecule has 2 aromatic carbocycles. The first-order chi connectivity index (χ1) is 12.3. The summed E-state index contributed by atoms with van der Waals surface area (Å²) in [5.41, 5.74) is 2.67. The van der Waals surface area contributed by atoms with Gasteiger partial charge in [-0.05, 0) is 11.6 Å². The molecule has 1 heterocycles. The highest BCUT2D eigenvalue weighted by Gasteiger charge is 2.20. The average molecular weight is 337 g/mol. The van der Waals surface area contributed by atoms with E-state index >= 15 is 0 Å². The molecule has 3 rings (SSSR count). The number of alkyl carbamates (subject to hydrolysis) is 1. The van der Waals surface area contributed by atoms with E-state index in [0.717, 1.165) is 16.7 Å². The Hall–Kier alpha value is -2.81. The predicted octanol–water partition coefficient (Wildman–Crippen LogP) is 3.01. The molecule has 128 valence electrons. The lowest BCUT2D eigenvalue weighted by Crippen LogP contribution is -2.24. The van der Waals surface area contributed by atoms with E-state index in [1.165, 1.54) is 0 Å². The molecule has 1 saturated heterocycles. The van der Waals surface area contributed by atoms with E-state index in [9.17, 15) is 4.79 Å². The smallest absolute Gasteiger partial charge is 0.408 e. The molecule has 0 aliphatic carbocycles. The highest BCUT2D eigenvalue weighted by molar-refractivity contribution is 5.67. The number of rotatable bonds is 4. The quantitative estimate of drug-likeness (QED) is 0.872. The van der Waals surface area contributed by atoms with Crippen molar-refractivity contribution in [3.63, 3.8) is 0 Å². The first-order valence-corrected chi connectivity index (χ1v) is 8.08. The Bertz CT molecular complexity index is 758. The topological polar surface area (TPSA) is 56.8 Å². The minimum absolute atomic E-state index is 0.203. The summed E-state index contributed by atoms with van der Waals surface area (Å²) in [4.78, 5) is 11.7. The Morgan fingerprint density at radius 1 is 1.08 bits per heavy atom. The highest BCUT2D eigenvalue weighted by atomic mass is 16.7. The standard InChI is InChI=1S/C20H19NO4/c22-20(25-15-16-7-2-1-3-8-16)21-12-6-10-17-9-4-5-11-18(17)19-23-13-14-24-19/h1-5,7-9,11,19H,12-15H2,(H,21,22). The highest BCUT2D eigenvalue weighted by Crippen LogP contribution is 2.25. The SMILES string of the molecule is O=C(NCC#Cc1ccccc1C1OCCO1)OCc1ccccc1. The fourth-order valence-electron chi connectivity index (χ4n) is 2.38. The summed E-state index contributed by atoms with van der Waals surface area (Å²) in [7, 11) is 0. The molecule has 0 atom stereocenters. The fraction of sp³-hybridized carbons (Fsp3) is 0.250. The van der Waals surface area contributed by atoms with Gasteiger partial charge in [-0.2, -0.15) is 0 Å². The van der Waals surface area contributed by atoms with Crippen LogP contribution in [0.1, 0.15) is 23.0 Å². The van der Waals surface area contributed by atoms with Crippen molar-refractivity contribution in [1.82, 2.24) is 5.32 Å². The average Bonchev–Trinajstić information content (AvgIpc) is 3.19. The van der Waals surface area contributed by atoms with Gasteiger partial charge in [0, 0.05) is 11.1 Å². The van der Waals surface area contributed by atoms with Crippen molar-refractivity contribution in [1.29, 1.82) is 0 Å². The van der Waals surface area contributed by atoms with Crippen LogP contribution < -0.4 is 5.32 Å². The number of carbonyl (C=O) groups excluding carboxylic acids is 1. The number of ether oxygens (including phenoxy) is 3. The number of carbonyl (C=O) groups is 1. The van der Waals surface area contributed by atoms with Crippen molar-refractivity contribution in [2.45, 2.75) is 12.9 Å². The molecule has 0 spiro atoms. The van der Waals surface area contributed by atoms with Crippen LogP contribution in [0.25, 0.3) is 0 Å². The van der Waals surface area contributed by atoms with Gasteiger partial charge in [0.15, 0.2) is 6.29 Å². The molecule has 0 radical (unpaired) electrons. The van der Waals surface area contributed by atoms with E-state index in [1.54, 1.807) is 0 Å². The number of hydrogen-bond acceptors (Lipinski definition) is 4. The molecular formula is C20H19NO4. The van der Waals surface area contributed by atoms with Crippen LogP contribution in [0.3, 0.4) is 0 Å². The van der Waals surface area contributed by atoms with Crippen molar-refractivity contribution >= 4 is 6.09 Å². The van der Waals surface area contributed by atoms with Crippen LogP contribution in [-0.4, -0.2) is 25.9 Å². The molecule has 25 heavy (non-hydrogen) atoms. The predicted molar refractivity (Wildman–Crippen MR) is 92.6 cm³/mol. The molecule has 0 aromatic heterocycles. The van der Waals surface area contributed by atoms with Crippen molar-refractivity contribution < 1.29 is 19.0 Å². The van der Waals surface area contributed by atoms with Gasteiger partial charge in [0.2, 0.25) is 0 Å². The second-order valence-electron chi connectivity index (χ2n) is 5.38. The van der Waals surface area contributed by atoms with Crippen molar-refractivity contribution in [3.05, 3.63) is 71.3 Å². The third kappa shape index (κ3) is 5.08. The number of benzene rings is 2. The van der Waals surface area contributed by atoms with Crippen LogP contribution >= 0.6 is 0 Å². The van der Waals surface area contributed by atoms with Gasteiger partial charge in [-0.25, -0.2) is 4.79 Å². The van der Waals surface area contributed by atoms with E-state index in [0.29, 0.717) is 13.2 Å². The second-order valence-corrected chi connectivity index (χ2v) is 5.38. The summed E-state index contributed by atoms with van der Waals surface area (Å²) in [6.45, 7) is 1.61. The monoisotopic (exact) mass is 337 g/mol. The van der Waals surface area contributed by atoms with Gasteiger partial charge < -0.3 is 19.5 Å². The van der Waals surface area contributed by atoms with Crippen LogP contribution in [0.15, 0.2) is 54.6 Å². The van der Waals surface area contributed by atoms with Crippen LogP contribution in [0, 0.1) is 11.8 Å². The van der Waals surface area contributed by atoms with Crippen molar-refractivity contribution in [2.75, 3.05) is 19.8 Å². The van der Waals surface area contributed by atoms with Gasteiger partial charge in [0.25, 0.3) is 0 Å². The van der Waals surface area contributed by atoms with Gasteiger partial charge in [-0.3, -0.25) is 0 Å². The summed E-state index contributed by atoms with van der Waals surface area (Å²) >= 11 is 0. The molecule has 5 heteroatoms.